The third kappa shape index (κ3) is 2.61. The summed E-state index contributed by atoms with van der Waals surface area (Å²) in [6.45, 7) is 2.86. The van der Waals surface area contributed by atoms with E-state index in [9.17, 15) is 0 Å². The molecule has 3 aromatic rings. The van der Waals surface area contributed by atoms with Crippen LogP contribution >= 0.6 is 11.6 Å². The monoisotopic (exact) mass is 282 g/mol. The van der Waals surface area contributed by atoms with Crippen LogP contribution in [-0.2, 0) is 6.54 Å². The molecule has 0 saturated heterocycles. The van der Waals surface area contributed by atoms with Crippen LogP contribution in [0, 0.1) is 6.92 Å². The van der Waals surface area contributed by atoms with Crippen molar-refractivity contribution in [2.45, 2.75) is 13.5 Å². The zero-order chi connectivity index (χ0) is 13.9. The zero-order valence-corrected chi connectivity index (χ0v) is 12.0. The normalized spacial score (nSPS) is 10.7. The number of fused-ring (bicyclic) bond motifs is 1. The second kappa shape index (κ2) is 5.51. The lowest BCUT2D eigenvalue weighted by molar-refractivity contribution is 1.12. The lowest BCUT2D eigenvalue weighted by Crippen LogP contribution is -2.01. The van der Waals surface area contributed by atoms with E-state index in [0.717, 1.165) is 22.6 Å². The van der Waals surface area contributed by atoms with E-state index in [1.165, 1.54) is 16.5 Å². The van der Waals surface area contributed by atoms with Crippen molar-refractivity contribution in [2.24, 2.45) is 0 Å². The summed E-state index contributed by atoms with van der Waals surface area (Å²) >= 11 is 5.98. The molecule has 1 N–H and O–H groups in total. The third-order valence-electron chi connectivity index (χ3n) is 3.45. The highest BCUT2D eigenvalue weighted by atomic mass is 35.5. The van der Waals surface area contributed by atoms with E-state index in [2.05, 4.69) is 35.4 Å². The molecule has 0 saturated carbocycles. The summed E-state index contributed by atoms with van der Waals surface area (Å²) in [5.74, 6) is 0. The van der Waals surface area contributed by atoms with Crippen LogP contribution in [0.5, 0.6) is 0 Å². The zero-order valence-electron chi connectivity index (χ0n) is 11.2. The average molecular weight is 283 g/mol. The maximum atomic E-state index is 5.98. The molecule has 0 atom stereocenters. The van der Waals surface area contributed by atoms with Crippen molar-refractivity contribution in [3.8, 4) is 0 Å². The van der Waals surface area contributed by atoms with E-state index in [4.69, 9.17) is 11.6 Å². The van der Waals surface area contributed by atoms with E-state index in [1.807, 2.05) is 36.7 Å². The molecule has 20 heavy (non-hydrogen) atoms. The van der Waals surface area contributed by atoms with E-state index < -0.39 is 0 Å². The van der Waals surface area contributed by atoms with Gasteiger partial charge in [0.15, 0.2) is 0 Å². The Morgan fingerprint density at radius 1 is 1.15 bits per heavy atom. The van der Waals surface area contributed by atoms with Crippen LogP contribution in [0.3, 0.4) is 0 Å². The number of aryl methyl sites for hydroxylation is 1. The third-order valence-corrected chi connectivity index (χ3v) is 3.69. The molecule has 2 aromatic carbocycles. The number of nitrogens with one attached hydrogen (secondary N) is 1. The van der Waals surface area contributed by atoms with Crippen molar-refractivity contribution in [1.29, 1.82) is 0 Å². The molecule has 0 bridgehead atoms. The van der Waals surface area contributed by atoms with Crippen LogP contribution in [0.2, 0.25) is 5.02 Å². The van der Waals surface area contributed by atoms with Crippen LogP contribution in [-0.4, -0.2) is 4.98 Å². The van der Waals surface area contributed by atoms with Gasteiger partial charge in [0.05, 0.1) is 0 Å². The van der Waals surface area contributed by atoms with Gasteiger partial charge in [-0.3, -0.25) is 4.98 Å². The fourth-order valence-electron chi connectivity index (χ4n) is 2.32. The highest BCUT2D eigenvalue weighted by Gasteiger charge is 2.02. The first-order valence-corrected chi connectivity index (χ1v) is 6.93. The van der Waals surface area contributed by atoms with Gasteiger partial charge < -0.3 is 5.32 Å². The maximum Gasteiger partial charge on any atom is 0.0423 e. The number of halogens is 1. The van der Waals surface area contributed by atoms with E-state index in [-0.39, 0.29) is 0 Å². The molecule has 0 aliphatic heterocycles. The van der Waals surface area contributed by atoms with E-state index in [0.29, 0.717) is 0 Å². The highest BCUT2D eigenvalue weighted by Crippen LogP contribution is 2.23. The molecule has 3 rings (SSSR count). The molecule has 1 heterocycles. The molecule has 0 aliphatic carbocycles. The summed E-state index contributed by atoms with van der Waals surface area (Å²) in [5, 5.41) is 6.61. The van der Waals surface area contributed by atoms with Crippen molar-refractivity contribution >= 4 is 28.1 Å². The van der Waals surface area contributed by atoms with Gasteiger partial charge in [0.2, 0.25) is 0 Å². The summed E-state index contributed by atoms with van der Waals surface area (Å²) < 4.78 is 0. The Hall–Kier alpha value is -2.06. The molecule has 3 heteroatoms. The minimum absolute atomic E-state index is 0.780. The summed E-state index contributed by atoms with van der Waals surface area (Å²) in [5.41, 5.74) is 3.58. The summed E-state index contributed by atoms with van der Waals surface area (Å²) in [7, 11) is 0. The van der Waals surface area contributed by atoms with Gasteiger partial charge in [-0.05, 0) is 42.3 Å². The molecule has 100 valence electrons. The fraction of sp³-hybridized carbons (Fsp3) is 0.118. The van der Waals surface area contributed by atoms with Gasteiger partial charge in [0.1, 0.15) is 0 Å². The Morgan fingerprint density at radius 3 is 2.90 bits per heavy atom. The molecular weight excluding hydrogens is 268 g/mol. The lowest BCUT2D eigenvalue weighted by Gasteiger charge is -2.11. The molecule has 2 nitrogen and oxygen atoms in total. The minimum Gasteiger partial charge on any atom is -0.380 e. The number of aromatic nitrogens is 1. The Bertz CT molecular complexity index is 748. The number of nitrogens with zero attached hydrogens (tertiary/aromatic N) is 1. The van der Waals surface area contributed by atoms with Gasteiger partial charge in [-0.25, -0.2) is 0 Å². The van der Waals surface area contributed by atoms with Gasteiger partial charge in [-0.15, -0.1) is 0 Å². The van der Waals surface area contributed by atoms with Crippen molar-refractivity contribution in [3.63, 3.8) is 0 Å². The largest absolute Gasteiger partial charge is 0.380 e. The van der Waals surface area contributed by atoms with Gasteiger partial charge >= 0.3 is 0 Å². The van der Waals surface area contributed by atoms with Crippen molar-refractivity contribution in [2.75, 3.05) is 5.32 Å². The Morgan fingerprint density at radius 2 is 2.05 bits per heavy atom. The predicted molar refractivity (Wildman–Crippen MR) is 85.3 cm³/mol. The number of rotatable bonds is 3. The summed E-state index contributed by atoms with van der Waals surface area (Å²) in [6, 6.07) is 14.2. The number of pyridine rings is 1. The average Bonchev–Trinajstić information content (AvgIpc) is 2.46. The molecule has 0 fully saturated rings. The topological polar surface area (TPSA) is 24.9 Å². The Labute approximate surface area is 123 Å². The van der Waals surface area contributed by atoms with Crippen LogP contribution in [0.4, 0.5) is 5.69 Å². The van der Waals surface area contributed by atoms with Crippen LogP contribution in [0.1, 0.15) is 11.1 Å². The van der Waals surface area contributed by atoms with Crippen LogP contribution in [0.25, 0.3) is 10.8 Å². The molecule has 0 radical (unpaired) electrons. The van der Waals surface area contributed by atoms with Gasteiger partial charge in [0.25, 0.3) is 0 Å². The first-order chi connectivity index (χ1) is 9.74. The predicted octanol–water partition coefficient (Wildman–Crippen LogP) is 4.81. The van der Waals surface area contributed by atoms with Crippen molar-refractivity contribution in [1.82, 2.24) is 4.98 Å². The van der Waals surface area contributed by atoms with Gasteiger partial charge in [-0.2, -0.15) is 0 Å². The Balaban J connectivity index is 1.87. The summed E-state index contributed by atoms with van der Waals surface area (Å²) in [4.78, 5) is 4.15. The molecule has 0 amide bonds. The standard InChI is InChI=1S/C17H15ClN2/c1-12-9-15(18)6-5-13(12)11-20-17-4-2-3-14-10-19-8-7-16(14)17/h2-10,20H,11H2,1H3. The number of benzene rings is 2. The molecule has 1 aromatic heterocycles. The maximum absolute atomic E-state index is 5.98. The van der Waals surface area contributed by atoms with E-state index in [1.54, 1.807) is 0 Å². The first kappa shape index (κ1) is 12.9. The first-order valence-electron chi connectivity index (χ1n) is 6.56. The van der Waals surface area contributed by atoms with Gasteiger partial charge in [0, 0.05) is 40.4 Å². The van der Waals surface area contributed by atoms with Crippen molar-refractivity contribution in [3.05, 3.63) is 71.0 Å². The highest BCUT2D eigenvalue weighted by molar-refractivity contribution is 6.30. The Kier molecular flexibility index (Phi) is 3.57. The molecular formula is C17H15ClN2. The second-order valence-electron chi connectivity index (χ2n) is 4.83. The fourth-order valence-corrected chi connectivity index (χ4v) is 2.55. The smallest absolute Gasteiger partial charge is 0.0423 e. The molecule has 0 spiro atoms. The molecule has 0 unspecified atom stereocenters. The second-order valence-corrected chi connectivity index (χ2v) is 5.26. The summed E-state index contributed by atoms with van der Waals surface area (Å²) in [6.07, 6.45) is 3.70. The number of hydrogen-bond donors (Lipinski definition) is 1. The van der Waals surface area contributed by atoms with E-state index >= 15 is 0 Å². The quantitative estimate of drug-likeness (QED) is 0.746. The minimum atomic E-state index is 0.780. The number of hydrogen-bond acceptors (Lipinski definition) is 2. The lowest BCUT2D eigenvalue weighted by atomic mass is 10.1. The molecule has 0 aliphatic rings. The van der Waals surface area contributed by atoms with Crippen LogP contribution < -0.4 is 5.32 Å². The SMILES string of the molecule is Cc1cc(Cl)ccc1CNc1cccc2cnccc12. The van der Waals surface area contributed by atoms with Gasteiger partial charge in [-0.1, -0.05) is 29.8 Å². The van der Waals surface area contributed by atoms with Crippen LogP contribution in [0.15, 0.2) is 54.9 Å². The number of anilines is 1. The van der Waals surface area contributed by atoms with Crippen molar-refractivity contribution < 1.29 is 0 Å².